The number of hydrogen-bond acceptors (Lipinski definition) is 1. The number of halogens is 1. The molecular weight excluding hydrogens is 177 g/mol. The molecule has 78 valence electrons. The molecule has 0 saturated carbocycles. The van der Waals surface area contributed by atoms with E-state index in [9.17, 15) is 4.39 Å². The Hall–Kier alpha value is -1.05. The summed E-state index contributed by atoms with van der Waals surface area (Å²) < 4.78 is 13.0. The average molecular weight is 195 g/mol. The first kappa shape index (κ1) is 11.0. The lowest BCUT2D eigenvalue weighted by atomic mass is 10.1. The SMILES string of the molecule is CCC(F)CNc1cccc(C)c1C. The zero-order valence-corrected chi connectivity index (χ0v) is 9.10. The van der Waals surface area contributed by atoms with Crippen molar-refractivity contribution in [2.24, 2.45) is 0 Å². The molecule has 0 spiro atoms. The molecule has 1 aromatic rings. The Morgan fingerprint density at radius 3 is 2.71 bits per heavy atom. The molecule has 1 rings (SSSR count). The minimum absolute atomic E-state index is 0.404. The third-order valence-corrected chi connectivity index (χ3v) is 2.56. The van der Waals surface area contributed by atoms with Crippen molar-refractivity contribution in [3.8, 4) is 0 Å². The molecule has 1 atom stereocenters. The third-order valence-electron chi connectivity index (χ3n) is 2.56. The summed E-state index contributed by atoms with van der Waals surface area (Å²) in [5, 5.41) is 3.13. The molecule has 0 amide bonds. The maximum absolute atomic E-state index is 13.0. The highest BCUT2D eigenvalue weighted by Gasteiger charge is 2.04. The number of anilines is 1. The lowest BCUT2D eigenvalue weighted by Gasteiger charge is -2.12. The van der Waals surface area contributed by atoms with Crippen molar-refractivity contribution in [3.05, 3.63) is 29.3 Å². The Kier molecular flexibility index (Phi) is 3.93. The lowest BCUT2D eigenvalue weighted by molar-refractivity contribution is 0.340. The molecule has 0 heterocycles. The van der Waals surface area contributed by atoms with E-state index in [1.165, 1.54) is 11.1 Å². The van der Waals surface area contributed by atoms with Crippen LogP contribution >= 0.6 is 0 Å². The highest BCUT2D eigenvalue weighted by atomic mass is 19.1. The van der Waals surface area contributed by atoms with Crippen molar-refractivity contribution < 1.29 is 4.39 Å². The highest BCUT2D eigenvalue weighted by Crippen LogP contribution is 2.18. The number of benzene rings is 1. The van der Waals surface area contributed by atoms with Crippen LogP contribution in [0.15, 0.2) is 18.2 Å². The number of alkyl halides is 1. The summed E-state index contributed by atoms with van der Waals surface area (Å²) in [6, 6.07) is 6.04. The molecule has 1 unspecified atom stereocenters. The molecule has 0 aliphatic rings. The van der Waals surface area contributed by atoms with Gasteiger partial charge in [0.05, 0.1) is 0 Å². The van der Waals surface area contributed by atoms with Gasteiger partial charge in [0.25, 0.3) is 0 Å². The first-order valence-corrected chi connectivity index (χ1v) is 5.09. The molecule has 1 N–H and O–H groups in total. The Bertz CT molecular complexity index is 296. The molecule has 0 saturated heterocycles. The molecule has 2 heteroatoms. The van der Waals surface area contributed by atoms with Gasteiger partial charge in [-0.25, -0.2) is 4.39 Å². The molecule has 0 fully saturated rings. The van der Waals surface area contributed by atoms with Crippen molar-refractivity contribution >= 4 is 5.69 Å². The van der Waals surface area contributed by atoms with Crippen LogP contribution in [0.1, 0.15) is 24.5 Å². The molecule has 0 radical (unpaired) electrons. The van der Waals surface area contributed by atoms with Gasteiger partial charge in [-0.3, -0.25) is 0 Å². The van der Waals surface area contributed by atoms with Gasteiger partial charge < -0.3 is 5.32 Å². The van der Waals surface area contributed by atoms with Gasteiger partial charge in [0, 0.05) is 12.2 Å². The maximum atomic E-state index is 13.0. The number of nitrogens with one attached hydrogen (secondary N) is 1. The summed E-state index contributed by atoms with van der Waals surface area (Å²) in [6.45, 7) is 6.38. The largest absolute Gasteiger partial charge is 0.382 e. The van der Waals surface area contributed by atoms with Crippen molar-refractivity contribution in [2.45, 2.75) is 33.4 Å². The zero-order valence-electron chi connectivity index (χ0n) is 9.10. The van der Waals surface area contributed by atoms with Crippen LogP contribution in [-0.4, -0.2) is 12.7 Å². The van der Waals surface area contributed by atoms with Crippen LogP contribution in [0.25, 0.3) is 0 Å². The van der Waals surface area contributed by atoms with Gasteiger partial charge in [-0.15, -0.1) is 0 Å². The zero-order chi connectivity index (χ0) is 10.6. The fourth-order valence-electron chi connectivity index (χ4n) is 1.31. The smallest absolute Gasteiger partial charge is 0.117 e. The first-order chi connectivity index (χ1) is 6.65. The molecule has 0 bridgehead atoms. The van der Waals surface area contributed by atoms with E-state index in [2.05, 4.69) is 25.2 Å². The van der Waals surface area contributed by atoms with Crippen LogP contribution in [0.3, 0.4) is 0 Å². The molecular formula is C12H18FN. The van der Waals surface area contributed by atoms with Crippen LogP contribution in [0.5, 0.6) is 0 Å². The predicted molar refractivity (Wildman–Crippen MR) is 59.6 cm³/mol. The van der Waals surface area contributed by atoms with E-state index in [0.717, 1.165) is 5.69 Å². The van der Waals surface area contributed by atoms with Crippen molar-refractivity contribution in [3.63, 3.8) is 0 Å². The standard InChI is InChI=1S/C12H18FN/c1-4-11(13)8-14-12-7-5-6-9(2)10(12)3/h5-7,11,14H,4,8H2,1-3H3. The first-order valence-electron chi connectivity index (χ1n) is 5.09. The Labute approximate surface area is 85.3 Å². The molecule has 1 aromatic carbocycles. The Balaban J connectivity index is 2.63. The van der Waals surface area contributed by atoms with Crippen LogP contribution in [0.4, 0.5) is 10.1 Å². The summed E-state index contributed by atoms with van der Waals surface area (Å²) in [4.78, 5) is 0. The second-order valence-corrected chi connectivity index (χ2v) is 3.63. The van der Waals surface area contributed by atoms with Gasteiger partial charge in [-0.2, -0.15) is 0 Å². The summed E-state index contributed by atoms with van der Waals surface area (Å²) in [5.74, 6) is 0. The Morgan fingerprint density at radius 1 is 1.36 bits per heavy atom. The van der Waals surface area contributed by atoms with Crippen molar-refractivity contribution in [2.75, 3.05) is 11.9 Å². The number of aryl methyl sites for hydroxylation is 1. The van der Waals surface area contributed by atoms with Crippen molar-refractivity contribution in [1.82, 2.24) is 0 Å². The van der Waals surface area contributed by atoms with Crippen LogP contribution in [0, 0.1) is 13.8 Å². The molecule has 0 aliphatic heterocycles. The van der Waals surface area contributed by atoms with Crippen LogP contribution in [0.2, 0.25) is 0 Å². The van der Waals surface area contributed by atoms with E-state index in [1.807, 2.05) is 19.1 Å². The minimum Gasteiger partial charge on any atom is -0.382 e. The van der Waals surface area contributed by atoms with Crippen LogP contribution < -0.4 is 5.32 Å². The highest BCUT2D eigenvalue weighted by molar-refractivity contribution is 5.53. The van der Waals surface area contributed by atoms with E-state index in [-0.39, 0.29) is 0 Å². The number of hydrogen-bond donors (Lipinski definition) is 1. The predicted octanol–water partition coefficient (Wildman–Crippen LogP) is 3.46. The van der Waals surface area contributed by atoms with Crippen molar-refractivity contribution in [1.29, 1.82) is 0 Å². The average Bonchev–Trinajstić information content (AvgIpc) is 2.20. The van der Waals surface area contributed by atoms with E-state index >= 15 is 0 Å². The molecule has 14 heavy (non-hydrogen) atoms. The quantitative estimate of drug-likeness (QED) is 0.775. The normalized spacial score (nSPS) is 12.6. The van der Waals surface area contributed by atoms with E-state index < -0.39 is 6.17 Å². The second kappa shape index (κ2) is 4.99. The second-order valence-electron chi connectivity index (χ2n) is 3.63. The van der Waals surface area contributed by atoms with Gasteiger partial charge in [-0.1, -0.05) is 19.1 Å². The number of rotatable bonds is 4. The van der Waals surface area contributed by atoms with E-state index in [4.69, 9.17) is 0 Å². The summed E-state index contributed by atoms with van der Waals surface area (Å²) in [5.41, 5.74) is 3.49. The van der Waals surface area contributed by atoms with E-state index in [1.54, 1.807) is 0 Å². The summed E-state index contributed by atoms with van der Waals surface area (Å²) in [6.07, 6.45) is -0.187. The van der Waals surface area contributed by atoms with Gasteiger partial charge >= 0.3 is 0 Å². The monoisotopic (exact) mass is 195 g/mol. The van der Waals surface area contributed by atoms with E-state index in [0.29, 0.717) is 13.0 Å². The molecule has 1 nitrogen and oxygen atoms in total. The third kappa shape index (κ3) is 2.72. The van der Waals surface area contributed by atoms with Gasteiger partial charge in [0.15, 0.2) is 0 Å². The topological polar surface area (TPSA) is 12.0 Å². The van der Waals surface area contributed by atoms with Gasteiger partial charge in [-0.05, 0) is 37.5 Å². The molecule has 0 aromatic heterocycles. The summed E-state index contributed by atoms with van der Waals surface area (Å²) >= 11 is 0. The Morgan fingerprint density at radius 2 is 2.07 bits per heavy atom. The summed E-state index contributed by atoms with van der Waals surface area (Å²) in [7, 11) is 0. The fraction of sp³-hybridized carbons (Fsp3) is 0.500. The van der Waals surface area contributed by atoms with Gasteiger partial charge in [0.1, 0.15) is 6.17 Å². The molecule has 0 aliphatic carbocycles. The lowest BCUT2D eigenvalue weighted by Crippen LogP contribution is -2.14. The van der Waals surface area contributed by atoms with Crippen LogP contribution in [-0.2, 0) is 0 Å². The minimum atomic E-state index is -0.755. The maximum Gasteiger partial charge on any atom is 0.117 e. The van der Waals surface area contributed by atoms with Gasteiger partial charge in [0.2, 0.25) is 0 Å². The fourth-order valence-corrected chi connectivity index (χ4v) is 1.31.